The molecule has 0 fully saturated rings. The van der Waals surface area contributed by atoms with Gasteiger partial charge in [-0.3, -0.25) is 0 Å². The third-order valence-electron chi connectivity index (χ3n) is 3.29. The Morgan fingerprint density at radius 2 is 1.95 bits per heavy atom. The fraction of sp³-hybridized carbons (Fsp3) is 0.438. The molecule has 1 heterocycles. The average Bonchev–Trinajstić information content (AvgIpc) is 2.82. The molecule has 102 valence electrons. The predicted molar refractivity (Wildman–Crippen MR) is 82.5 cm³/mol. The summed E-state index contributed by atoms with van der Waals surface area (Å²) in [5.41, 5.74) is 1.55. The van der Waals surface area contributed by atoms with Gasteiger partial charge in [0.2, 0.25) is 0 Å². The molecule has 0 aliphatic carbocycles. The van der Waals surface area contributed by atoms with Gasteiger partial charge < -0.3 is 5.32 Å². The molecule has 1 aromatic carbocycles. The molecule has 0 amide bonds. The number of aryl methyl sites for hydroxylation is 2. The number of aromatic nitrogens is 1. The number of rotatable bonds is 6. The van der Waals surface area contributed by atoms with Crippen LogP contribution in [0.3, 0.4) is 0 Å². The molecule has 19 heavy (non-hydrogen) atoms. The van der Waals surface area contributed by atoms with Crippen LogP contribution in [-0.4, -0.2) is 10.5 Å². The van der Waals surface area contributed by atoms with Gasteiger partial charge in [0.05, 0.1) is 5.01 Å². The average molecular weight is 274 g/mol. The summed E-state index contributed by atoms with van der Waals surface area (Å²) in [5, 5.41) is 4.77. The Morgan fingerprint density at radius 3 is 2.58 bits per heavy atom. The molecule has 0 bridgehead atoms. The van der Waals surface area contributed by atoms with E-state index in [0.29, 0.717) is 0 Å². The van der Waals surface area contributed by atoms with Crippen molar-refractivity contribution in [2.24, 2.45) is 0 Å². The lowest BCUT2D eigenvalue weighted by atomic mass is 9.95. The summed E-state index contributed by atoms with van der Waals surface area (Å²) in [7, 11) is 0. The summed E-state index contributed by atoms with van der Waals surface area (Å²) in [6.07, 6.45) is 4.22. The van der Waals surface area contributed by atoms with Gasteiger partial charge >= 0.3 is 0 Å². The van der Waals surface area contributed by atoms with E-state index >= 15 is 0 Å². The van der Waals surface area contributed by atoms with Gasteiger partial charge in [-0.25, -0.2) is 4.98 Å². The van der Waals surface area contributed by atoms with Crippen LogP contribution < -0.4 is 5.32 Å². The van der Waals surface area contributed by atoms with E-state index in [0.717, 1.165) is 24.4 Å². The molecule has 0 unspecified atom stereocenters. The van der Waals surface area contributed by atoms with E-state index < -0.39 is 0 Å². The highest BCUT2D eigenvalue weighted by molar-refractivity contribution is 7.11. The number of hydrogen-bond donors (Lipinski definition) is 1. The predicted octanol–water partition coefficient (Wildman–Crippen LogP) is 3.95. The summed E-state index contributed by atoms with van der Waals surface area (Å²) in [6.45, 7) is 7.50. The second-order valence-corrected chi connectivity index (χ2v) is 6.89. The Labute approximate surface area is 119 Å². The van der Waals surface area contributed by atoms with E-state index in [1.807, 2.05) is 6.20 Å². The Hall–Kier alpha value is -1.19. The summed E-state index contributed by atoms with van der Waals surface area (Å²) in [6, 6.07) is 10.7. The van der Waals surface area contributed by atoms with Crippen molar-refractivity contribution in [2.75, 3.05) is 0 Å². The van der Waals surface area contributed by atoms with Crippen LogP contribution in [0.5, 0.6) is 0 Å². The van der Waals surface area contributed by atoms with E-state index in [4.69, 9.17) is 0 Å². The molecule has 0 aliphatic heterocycles. The van der Waals surface area contributed by atoms with Crippen molar-refractivity contribution < 1.29 is 0 Å². The number of hydrogen-bond acceptors (Lipinski definition) is 3. The molecule has 1 aromatic heterocycles. The molecule has 0 radical (unpaired) electrons. The number of benzene rings is 1. The fourth-order valence-electron chi connectivity index (χ4n) is 2.00. The normalized spacial score (nSPS) is 11.7. The summed E-state index contributed by atoms with van der Waals surface area (Å²) >= 11 is 1.77. The van der Waals surface area contributed by atoms with Gasteiger partial charge in [-0.1, -0.05) is 30.3 Å². The molecular formula is C16H22N2S. The lowest BCUT2D eigenvalue weighted by molar-refractivity contribution is 0.361. The third kappa shape index (κ3) is 4.77. The highest BCUT2D eigenvalue weighted by Gasteiger charge is 2.17. The van der Waals surface area contributed by atoms with Crippen LogP contribution in [0.4, 0.5) is 0 Å². The Balaban J connectivity index is 1.81. The Kier molecular flexibility index (Phi) is 4.72. The highest BCUT2D eigenvalue weighted by atomic mass is 32.1. The second-order valence-electron chi connectivity index (χ2n) is 5.57. The van der Waals surface area contributed by atoms with Crippen LogP contribution >= 0.6 is 11.3 Å². The number of nitrogens with zero attached hydrogens (tertiary/aromatic N) is 1. The van der Waals surface area contributed by atoms with Crippen LogP contribution in [0.2, 0.25) is 0 Å². The summed E-state index contributed by atoms with van der Waals surface area (Å²) in [5.74, 6) is 0. The topological polar surface area (TPSA) is 24.9 Å². The fourth-order valence-corrected chi connectivity index (χ4v) is 2.74. The van der Waals surface area contributed by atoms with Crippen molar-refractivity contribution in [2.45, 2.75) is 45.7 Å². The van der Waals surface area contributed by atoms with Gasteiger partial charge in [0.1, 0.15) is 0 Å². The van der Waals surface area contributed by atoms with Gasteiger partial charge in [0.25, 0.3) is 0 Å². The number of thiazole rings is 1. The van der Waals surface area contributed by atoms with E-state index in [9.17, 15) is 0 Å². The van der Waals surface area contributed by atoms with E-state index in [2.05, 4.69) is 61.4 Å². The molecule has 0 saturated carbocycles. The molecular weight excluding hydrogens is 252 g/mol. The maximum Gasteiger partial charge on any atom is 0.0897 e. The quantitative estimate of drug-likeness (QED) is 0.862. The molecule has 3 heteroatoms. The maximum atomic E-state index is 4.29. The zero-order chi connectivity index (χ0) is 13.7. The van der Waals surface area contributed by atoms with E-state index in [1.165, 1.54) is 10.4 Å². The van der Waals surface area contributed by atoms with Crippen LogP contribution in [0.25, 0.3) is 0 Å². The molecule has 2 rings (SSSR count). The molecule has 0 spiro atoms. The van der Waals surface area contributed by atoms with Crippen LogP contribution in [0.1, 0.15) is 35.7 Å². The summed E-state index contributed by atoms with van der Waals surface area (Å²) in [4.78, 5) is 5.60. The SMILES string of the molecule is Cc1ncc(CNC(C)(C)CCc2ccccc2)s1. The van der Waals surface area contributed by atoms with Crippen molar-refractivity contribution in [3.8, 4) is 0 Å². The zero-order valence-electron chi connectivity index (χ0n) is 11.9. The van der Waals surface area contributed by atoms with Crippen molar-refractivity contribution >= 4 is 11.3 Å². The number of nitrogens with one attached hydrogen (secondary N) is 1. The Bertz CT molecular complexity index is 502. The largest absolute Gasteiger partial charge is 0.307 e. The van der Waals surface area contributed by atoms with Crippen LogP contribution in [0, 0.1) is 6.92 Å². The van der Waals surface area contributed by atoms with Crippen molar-refractivity contribution in [3.05, 3.63) is 52.0 Å². The molecule has 0 aliphatic rings. The molecule has 0 atom stereocenters. The summed E-state index contributed by atoms with van der Waals surface area (Å²) < 4.78 is 0. The highest BCUT2D eigenvalue weighted by Crippen LogP contribution is 2.16. The maximum absolute atomic E-state index is 4.29. The Morgan fingerprint density at radius 1 is 1.21 bits per heavy atom. The smallest absolute Gasteiger partial charge is 0.0897 e. The van der Waals surface area contributed by atoms with Gasteiger partial charge in [-0.2, -0.15) is 0 Å². The third-order valence-corrected chi connectivity index (χ3v) is 4.20. The first-order valence-electron chi connectivity index (χ1n) is 6.75. The van der Waals surface area contributed by atoms with Crippen molar-refractivity contribution in [3.63, 3.8) is 0 Å². The molecule has 2 aromatic rings. The van der Waals surface area contributed by atoms with Crippen LogP contribution in [-0.2, 0) is 13.0 Å². The van der Waals surface area contributed by atoms with Gasteiger partial charge in [-0.15, -0.1) is 11.3 Å². The monoisotopic (exact) mass is 274 g/mol. The first-order chi connectivity index (χ1) is 9.05. The van der Waals surface area contributed by atoms with Gasteiger partial charge in [0, 0.05) is 23.2 Å². The lowest BCUT2D eigenvalue weighted by Gasteiger charge is -2.26. The zero-order valence-corrected chi connectivity index (χ0v) is 12.8. The van der Waals surface area contributed by atoms with Gasteiger partial charge in [0.15, 0.2) is 0 Å². The minimum atomic E-state index is 0.147. The second kappa shape index (κ2) is 6.31. The molecule has 1 N–H and O–H groups in total. The van der Waals surface area contributed by atoms with Crippen molar-refractivity contribution in [1.82, 2.24) is 10.3 Å². The minimum Gasteiger partial charge on any atom is -0.307 e. The van der Waals surface area contributed by atoms with E-state index in [1.54, 1.807) is 11.3 Å². The lowest BCUT2D eigenvalue weighted by Crippen LogP contribution is -2.38. The van der Waals surface area contributed by atoms with Crippen molar-refractivity contribution in [1.29, 1.82) is 0 Å². The van der Waals surface area contributed by atoms with Crippen LogP contribution in [0.15, 0.2) is 36.5 Å². The minimum absolute atomic E-state index is 0.147. The first kappa shape index (κ1) is 14.2. The molecule has 2 nitrogen and oxygen atoms in total. The van der Waals surface area contributed by atoms with E-state index in [-0.39, 0.29) is 5.54 Å². The standard InChI is InChI=1S/C16H22N2S/c1-13-17-11-15(19-13)12-18-16(2,3)10-9-14-7-5-4-6-8-14/h4-8,11,18H,9-10,12H2,1-3H3. The van der Waals surface area contributed by atoms with Gasteiger partial charge in [-0.05, 0) is 39.2 Å². The first-order valence-corrected chi connectivity index (χ1v) is 7.57. The molecule has 0 saturated heterocycles.